The van der Waals surface area contributed by atoms with Crippen LogP contribution in [-0.4, -0.2) is 48.5 Å². The molecule has 0 atom stereocenters. The highest BCUT2D eigenvalue weighted by molar-refractivity contribution is 7.93. The van der Waals surface area contributed by atoms with Gasteiger partial charge in [-0.2, -0.15) is 0 Å². The maximum Gasteiger partial charge on any atom is 0.319 e. The predicted molar refractivity (Wildman–Crippen MR) is 132 cm³/mol. The second-order valence-corrected chi connectivity index (χ2v) is 10.8. The van der Waals surface area contributed by atoms with Gasteiger partial charge >= 0.3 is 6.03 Å². The van der Waals surface area contributed by atoms with Gasteiger partial charge in [0.15, 0.2) is 9.84 Å². The van der Waals surface area contributed by atoms with Crippen LogP contribution in [0.3, 0.4) is 0 Å². The molecule has 33 heavy (non-hydrogen) atoms. The molecule has 2 saturated carbocycles. The second-order valence-electron chi connectivity index (χ2n) is 8.39. The number of aliphatic hydroxyl groups is 1. The minimum atomic E-state index is -3.58. The van der Waals surface area contributed by atoms with Crippen molar-refractivity contribution < 1.29 is 18.3 Å². The fourth-order valence-corrected chi connectivity index (χ4v) is 5.44. The molecule has 2 aliphatic rings. The maximum absolute atomic E-state index is 12.9. The van der Waals surface area contributed by atoms with E-state index in [2.05, 4.69) is 28.8 Å². The van der Waals surface area contributed by atoms with E-state index in [1.807, 2.05) is 0 Å². The number of sulfone groups is 1. The summed E-state index contributed by atoms with van der Waals surface area (Å²) in [4.78, 5) is 16.4. The fraction of sp³-hybridized carbons (Fsp3) is 0.478. The molecule has 0 radical (unpaired) electrons. The summed E-state index contributed by atoms with van der Waals surface area (Å²) in [6.07, 6.45) is 10.3. The second kappa shape index (κ2) is 11.3. The maximum atomic E-state index is 12.9. The zero-order valence-corrected chi connectivity index (χ0v) is 20.0. The number of aliphatic imine (C=N–C) groups is 1. The normalized spacial score (nSPS) is 19.5. The first kappa shape index (κ1) is 26.4. The van der Waals surface area contributed by atoms with Gasteiger partial charge in [-0.15, -0.1) is 0 Å². The molecule has 7 N–H and O–H groups in total. The standard InChI is InChI=1S/C23H35N5O4S/c1-4-18(10-9-17(3)26-22(30)27-19-7-5-8-19)21(25)28-20(15-16(2)24)23(11-12-23)33(31,32)14-6-13-29/h4,9-10,15,19,29H,1-2,5-8,11-14,24H2,3H3,(H2,25,28)(H2,26,27,30)/b17-9+,18-10+,20-15-. The lowest BCUT2D eigenvalue weighted by Crippen LogP contribution is -2.44. The highest BCUT2D eigenvalue weighted by Crippen LogP contribution is 2.50. The molecular weight excluding hydrogens is 442 g/mol. The minimum absolute atomic E-state index is 0.0594. The number of allylic oxidation sites excluding steroid dienone is 4. The van der Waals surface area contributed by atoms with Crippen molar-refractivity contribution in [3.05, 3.63) is 60.1 Å². The van der Waals surface area contributed by atoms with Crippen LogP contribution in [0.5, 0.6) is 0 Å². The topological polar surface area (TPSA) is 160 Å². The molecule has 0 aromatic carbocycles. The Labute approximate surface area is 196 Å². The smallest absolute Gasteiger partial charge is 0.319 e. The van der Waals surface area contributed by atoms with Crippen molar-refractivity contribution >= 4 is 21.7 Å². The first-order valence-corrected chi connectivity index (χ1v) is 12.6. The Hall–Kier alpha value is -2.85. The summed E-state index contributed by atoms with van der Waals surface area (Å²) in [5.74, 6) is -0.0994. The van der Waals surface area contributed by atoms with Gasteiger partial charge in [-0.3, -0.25) is 0 Å². The third kappa shape index (κ3) is 7.06. The molecule has 0 unspecified atom stereocenters. The Bertz CT molecular complexity index is 1000. The van der Waals surface area contributed by atoms with E-state index in [1.54, 1.807) is 19.1 Å². The Balaban J connectivity index is 2.24. The van der Waals surface area contributed by atoms with Crippen LogP contribution in [0, 0.1) is 0 Å². The lowest BCUT2D eigenvalue weighted by molar-refractivity contribution is 0.231. The molecule has 0 aromatic rings. The van der Waals surface area contributed by atoms with Gasteiger partial charge in [0.2, 0.25) is 0 Å². The molecule has 10 heteroatoms. The lowest BCUT2D eigenvalue weighted by Gasteiger charge is -2.26. The Kier molecular flexibility index (Phi) is 9.07. The number of urea groups is 1. The van der Waals surface area contributed by atoms with E-state index in [-0.39, 0.29) is 48.1 Å². The molecule has 0 bridgehead atoms. The van der Waals surface area contributed by atoms with Crippen molar-refractivity contribution in [1.82, 2.24) is 10.6 Å². The Morgan fingerprint density at radius 3 is 2.42 bits per heavy atom. The van der Waals surface area contributed by atoms with Crippen LogP contribution in [0.4, 0.5) is 4.79 Å². The predicted octanol–water partition coefficient (Wildman–Crippen LogP) is 1.90. The van der Waals surface area contributed by atoms with Crippen molar-refractivity contribution in [2.24, 2.45) is 16.5 Å². The largest absolute Gasteiger partial charge is 0.399 e. The number of rotatable bonds is 12. The van der Waals surface area contributed by atoms with Gasteiger partial charge in [-0.25, -0.2) is 18.2 Å². The average molecular weight is 478 g/mol. The summed E-state index contributed by atoms with van der Waals surface area (Å²) < 4.78 is 24.6. The van der Waals surface area contributed by atoms with Crippen LogP contribution in [0.15, 0.2) is 65.1 Å². The van der Waals surface area contributed by atoms with Gasteiger partial charge in [0.1, 0.15) is 10.6 Å². The number of nitrogens with zero attached hydrogens (tertiary/aromatic N) is 1. The number of carbonyl (C=O) groups is 1. The summed E-state index contributed by atoms with van der Waals surface area (Å²) in [7, 11) is -3.58. The SMILES string of the molecule is C=CC(=C\C=C(/C)NC(=O)NC1CCC1)/C(N)=N/C(=C\C(=C)N)C1(S(=O)(=O)CCCO)CC1. The minimum Gasteiger partial charge on any atom is -0.399 e. The van der Waals surface area contributed by atoms with Gasteiger partial charge < -0.3 is 27.2 Å². The Morgan fingerprint density at radius 2 is 1.94 bits per heavy atom. The number of hydrogen-bond acceptors (Lipinski definition) is 6. The molecule has 2 rings (SSSR count). The number of carbonyl (C=O) groups excluding carboxylic acids is 1. The quantitative estimate of drug-likeness (QED) is 0.164. The van der Waals surface area contributed by atoms with Crippen LogP contribution >= 0.6 is 0 Å². The van der Waals surface area contributed by atoms with E-state index in [0.717, 1.165) is 19.3 Å². The van der Waals surface area contributed by atoms with Gasteiger partial charge in [0, 0.05) is 29.6 Å². The highest BCUT2D eigenvalue weighted by atomic mass is 32.2. The Morgan fingerprint density at radius 1 is 1.27 bits per heavy atom. The van der Waals surface area contributed by atoms with Crippen LogP contribution in [-0.2, 0) is 9.84 Å². The van der Waals surface area contributed by atoms with E-state index >= 15 is 0 Å². The van der Waals surface area contributed by atoms with Crippen molar-refractivity contribution in [2.45, 2.75) is 56.2 Å². The van der Waals surface area contributed by atoms with E-state index in [9.17, 15) is 13.2 Å². The molecule has 0 aliphatic heterocycles. The fourth-order valence-electron chi connectivity index (χ4n) is 3.39. The van der Waals surface area contributed by atoms with E-state index < -0.39 is 14.6 Å². The third-order valence-corrected chi connectivity index (χ3v) is 8.31. The molecule has 9 nitrogen and oxygen atoms in total. The van der Waals surface area contributed by atoms with Crippen LogP contribution in [0.1, 0.15) is 45.4 Å². The van der Waals surface area contributed by atoms with E-state index in [0.29, 0.717) is 24.1 Å². The molecular formula is C23H35N5O4S. The lowest BCUT2D eigenvalue weighted by atomic mass is 9.93. The van der Waals surface area contributed by atoms with Gasteiger partial charge in [-0.05, 0) is 63.7 Å². The van der Waals surface area contributed by atoms with Crippen LogP contribution in [0.2, 0.25) is 0 Å². The summed E-state index contributed by atoms with van der Waals surface area (Å²) in [6.45, 7) is 8.91. The molecule has 0 heterocycles. The number of nitrogens with two attached hydrogens (primary N) is 2. The number of hydrogen-bond donors (Lipinski definition) is 5. The first-order valence-electron chi connectivity index (χ1n) is 11.0. The zero-order valence-electron chi connectivity index (χ0n) is 19.1. The van der Waals surface area contributed by atoms with Gasteiger partial charge in [0.05, 0.1) is 11.4 Å². The van der Waals surface area contributed by atoms with Crippen molar-refractivity contribution in [1.29, 1.82) is 0 Å². The van der Waals surface area contributed by atoms with Crippen LogP contribution < -0.4 is 22.1 Å². The highest BCUT2D eigenvalue weighted by Gasteiger charge is 2.57. The van der Waals surface area contributed by atoms with Crippen molar-refractivity contribution in [3.63, 3.8) is 0 Å². The first-order chi connectivity index (χ1) is 15.5. The average Bonchev–Trinajstić information content (AvgIpc) is 3.51. The number of amides is 2. The monoisotopic (exact) mass is 477 g/mol. The van der Waals surface area contributed by atoms with Crippen molar-refractivity contribution in [2.75, 3.05) is 12.4 Å². The van der Waals surface area contributed by atoms with Gasteiger partial charge in [-0.1, -0.05) is 19.2 Å². The summed E-state index contributed by atoms with van der Waals surface area (Å²) >= 11 is 0. The number of nitrogens with one attached hydrogen (secondary N) is 2. The molecule has 0 saturated heterocycles. The third-order valence-electron chi connectivity index (χ3n) is 5.68. The summed E-state index contributed by atoms with van der Waals surface area (Å²) in [5, 5.41) is 14.7. The van der Waals surface area contributed by atoms with Crippen LogP contribution in [0.25, 0.3) is 0 Å². The van der Waals surface area contributed by atoms with E-state index in [1.165, 1.54) is 12.2 Å². The molecule has 0 aromatic heterocycles. The molecule has 2 aliphatic carbocycles. The van der Waals surface area contributed by atoms with Gasteiger partial charge in [0.25, 0.3) is 0 Å². The summed E-state index contributed by atoms with van der Waals surface area (Å²) in [5.41, 5.74) is 13.3. The number of aliphatic hydroxyl groups excluding tert-OH is 1. The van der Waals surface area contributed by atoms with E-state index in [4.69, 9.17) is 16.6 Å². The molecule has 2 amide bonds. The molecule has 2 fully saturated rings. The summed E-state index contributed by atoms with van der Waals surface area (Å²) in [6, 6.07) is -0.0372. The van der Waals surface area contributed by atoms with Crippen molar-refractivity contribution in [3.8, 4) is 0 Å². The molecule has 182 valence electrons. The molecule has 0 spiro atoms. The number of amidine groups is 1. The zero-order chi connectivity index (χ0) is 24.6.